The number of amides is 1. The third kappa shape index (κ3) is 6.85. The minimum Gasteiger partial charge on any atom is -0.497 e. The highest BCUT2D eigenvalue weighted by Crippen LogP contribution is 2.15. The van der Waals surface area contributed by atoms with Crippen LogP contribution in [0, 0.1) is 0 Å². The fraction of sp³-hybridized carbons (Fsp3) is 0.200. The molecule has 0 aromatic heterocycles. The molecule has 0 aliphatic rings. The summed E-state index contributed by atoms with van der Waals surface area (Å²) in [6, 6.07) is 22.9. The molecule has 32 heavy (non-hydrogen) atoms. The number of ether oxygens (including phenoxy) is 3. The summed E-state index contributed by atoms with van der Waals surface area (Å²) in [5.41, 5.74) is 1.83. The number of aliphatic hydroxyl groups excluding tert-OH is 1. The number of methoxy groups -OCH3 is 1. The number of hydrogen-bond donors (Lipinski definition) is 2. The second-order valence-electron chi connectivity index (χ2n) is 6.99. The van der Waals surface area contributed by atoms with E-state index in [0.717, 1.165) is 5.56 Å². The van der Waals surface area contributed by atoms with E-state index in [0.29, 0.717) is 29.2 Å². The van der Waals surface area contributed by atoms with Gasteiger partial charge in [0.2, 0.25) is 0 Å². The third-order valence-electron chi connectivity index (χ3n) is 4.60. The fourth-order valence-electron chi connectivity index (χ4n) is 2.80. The van der Waals surface area contributed by atoms with Crippen molar-refractivity contribution in [2.75, 3.05) is 20.3 Å². The lowest BCUT2D eigenvalue weighted by Crippen LogP contribution is -2.35. The molecular formula is C25H25NO6. The van der Waals surface area contributed by atoms with Gasteiger partial charge in [-0.25, -0.2) is 4.79 Å². The summed E-state index contributed by atoms with van der Waals surface area (Å²) in [7, 11) is 1.53. The van der Waals surface area contributed by atoms with E-state index in [1.54, 1.807) is 48.5 Å². The highest BCUT2D eigenvalue weighted by atomic mass is 16.5. The maximum absolute atomic E-state index is 12.3. The highest BCUT2D eigenvalue weighted by molar-refractivity contribution is 5.94. The van der Waals surface area contributed by atoms with Crippen molar-refractivity contribution in [3.05, 3.63) is 95.6 Å². The van der Waals surface area contributed by atoms with E-state index in [1.807, 2.05) is 30.3 Å². The lowest BCUT2D eigenvalue weighted by molar-refractivity contribution is 0.0260. The molecule has 1 amide bonds. The van der Waals surface area contributed by atoms with Gasteiger partial charge in [0.1, 0.15) is 30.8 Å². The summed E-state index contributed by atoms with van der Waals surface area (Å²) in [6.45, 7) is 0.145. The fourth-order valence-corrected chi connectivity index (χ4v) is 2.80. The Morgan fingerprint density at radius 1 is 0.875 bits per heavy atom. The normalized spacial score (nSPS) is 11.3. The number of carbonyl (C=O) groups excluding carboxylic acids is 2. The molecule has 1 atom stereocenters. The van der Waals surface area contributed by atoms with Gasteiger partial charge in [0.05, 0.1) is 12.7 Å². The molecule has 0 radical (unpaired) electrons. The maximum Gasteiger partial charge on any atom is 0.338 e. The van der Waals surface area contributed by atoms with E-state index in [2.05, 4.69) is 5.32 Å². The van der Waals surface area contributed by atoms with Gasteiger partial charge in [0.25, 0.3) is 5.91 Å². The highest BCUT2D eigenvalue weighted by Gasteiger charge is 2.13. The zero-order chi connectivity index (χ0) is 22.8. The monoisotopic (exact) mass is 435 g/mol. The number of carbonyl (C=O) groups is 2. The lowest BCUT2D eigenvalue weighted by atomic mass is 10.2. The minimum atomic E-state index is -1.03. The SMILES string of the molecule is COc1ccc(C(=O)OCC(O)CNC(=O)c2ccc(OCc3ccccc3)cc2)cc1. The van der Waals surface area contributed by atoms with Crippen molar-refractivity contribution in [3.63, 3.8) is 0 Å². The summed E-state index contributed by atoms with van der Waals surface area (Å²) < 4.78 is 15.8. The van der Waals surface area contributed by atoms with E-state index >= 15 is 0 Å². The van der Waals surface area contributed by atoms with Crippen molar-refractivity contribution in [1.82, 2.24) is 5.32 Å². The first kappa shape index (κ1) is 22.8. The first-order chi connectivity index (χ1) is 15.5. The summed E-state index contributed by atoms with van der Waals surface area (Å²) in [4.78, 5) is 24.3. The Labute approximate surface area is 186 Å². The lowest BCUT2D eigenvalue weighted by Gasteiger charge is -2.13. The number of aliphatic hydroxyl groups is 1. The van der Waals surface area contributed by atoms with Gasteiger partial charge in [-0.2, -0.15) is 0 Å². The number of benzene rings is 3. The number of nitrogens with one attached hydrogen (secondary N) is 1. The molecule has 7 nitrogen and oxygen atoms in total. The van der Waals surface area contributed by atoms with Gasteiger partial charge >= 0.3 is 5.97 Å². The van der Waals surface area contributed by atoms with E-state index < -0.39 is 12.1 Å². The van der Waals surface area contributed by atoms with Crippen LogP contribution < -0.4 is 14.8 Å². The van der Waals surface area contributed by atoms with Crippen LogP contribution in [0.4, 0.5) is 0 Å². The predicted octanol–water partition coefficient (Wildman–Crippen LogP) is 3.22. The first-order valence-corrected chi connectivity index (χ1v) is 10.1. The smallest absolute Gasteiger partial charge is 0.338 e. The van der Waals surface area contributed by atoms with Gasteiger partial charge in [-0.3, -0.25) is 4.79 Å². The van der Waals surface area contributed by atoms with Crippen LogP contribution in [0.25, 0.3) is 0 Å². The summed E-state index contributed by atoms with van der Waals surface area (Å²) >= 11 is 0. The molecule has 0 aliphatic carbocycles. The van der Waals surface area contributed by atoms with Crippen LogP contribution >= 0.6 is 0 Å². The van der Waals surface area contributed by atoms with Crippen LogP contribution in [-0.4, -0.2) is 43.3 Å². The Kier molecular flexibility index (Phi) is 8.22. The first-order valence-electron chi connectivity index (χ1n) is 10.1. The quantitative estimate of drug-likeness (QED) is 0.475. The molecule has 0 bridgehead atoms. The van der Waals surface area contributed by atoms with E-state index in [4.69, 9.17) is 14.2 Å². The maximum atomic E-state index is 12.3. The Balaban J connectivity index is 1.39. The molecule has 2 N–H and O–H groups in total. The minimum absolute atomic E-state index is 0.0546. The molecule has 166 valence electrons. The van der Waals surface area contributed by atoms with Crippen molar-refractivity contribution >= 4 is 11.9 Å². The van der Waals surface area contributed by atoms with Crippen LogP contribution in [0.15, 0.2) is 78.9 Å². The van der Waals surface area contributed by atoms with Gasteiger partial charge in [0, 0.05) is 12.1 Å². The van der Waals surface area contributed by atoms with Crippen molar-refractivity contribution in [1.29, 1.82) is 0 Å². The second-order valence-corrected chi connectivity index (χ2v) is 6.99. The number of rotatable bonds is 10. The summed E-state index contributed by atoms with van der Waals surface area (Å²) in [5.74, 6) is 0.361. The predicted molar refractivity (Wildman–Crippen MR) is 119 cm³/mol. The second kappa shape index (κ2) is 11.5. The van der Waals surface area contributed by atoms with Crippen molar-refractivity contribution in [3.8, 4) is 11.5 Å². The Morgan fingerprint density at radius 2 is 1.50 bits per heavy atom. The summed E-state index contributed by atoms with van der Waals surface area (Å²) in [6.07, 6.45) is -1.03. The van der Waals surface area contributed by atoms with Crippen LogP contribution in [0.2, 0.25) is 0 Å². The topological polar surface area (TPSA) is 94.1 Å². The van der Waals surface area contributed by atoms with Gasteiger partial charge < -0.3 is 24.6 Å². The molecule has 1 unspecified atom stereocenters. The largest absolute Gasteiger partial charge is 0.497 e. The zero-order valence-electron chi connectivity index (χ0n) is 17.7. The molecule has 0 spiro atoms. The van der Waals surface area contributed by atoms with Crippen LogP contribution in [0.5, 0.6) is 11.5 Å². The average molecular weight is 435 g/mol. The van der Waals surface area contributed by atoms with Crippen molar-refractivity contribution in [2.45, 2.75) is 12.7 Å². The number of hydrogen-bond acceptors (Lipinski definition) is 6. The molecule has 3 aromatic carbocycles. The molecule has 0 saturated carbocycles. The third-order valence-corrected chi connectivity index (χ3v) is 4.60. The van der Waals surface area contributed by atoms with Gasteiger partial charge in [-0.15, -0.1) is 0 Å². The van der Waals surface area contributed by atoms with Crippen molar-refractivity contribution in [2.24, 2.45) is 0 Å². The molecule has 3 rings (SSSR count). The van der Waals surface area contributed by atoms with Gasteiger partial charge in [-0.1, -0.05) is 30.3 Å². The summed E-state index contributed by atoms with van der Waals surface area (Å²) in [5, 5.41) is 12.6. The average Bonchev–Trinajstić information content (AvgIpc) is 2.85. The van der Waals surface area contributed by atoms with Gasteiger partial charge in [0.15, 0.2) is 0 Å². The molecule has 7 heteroatoms. The van der Waals surface area contributed by atoms with Crippen molar-refractivity contribution < 1.29 is 28.9 Å². The Morgan fingerprint density at radius 3 is 2.16 bits per heavy atom. The Bertz CT molecular complexity index is 1000. The van der Waals surface area contributed by atoms with Crippen LogP contribution in [-0.2, 0) is 11.3 Å². The standard InChI is InChI=1S/C25H25NO6/c1-30-22-11-9-20(10-12-22)25(29)32-17-21(27)15-26-24(28)19-7-13-23(14-8-19)31-16-18-5-3-2-4-6-18/h2-14,21,27H,15-17H2,1H3,(H,26,28). The van der Waals surface area contributed by atoms with E-state index in [-0.39, 0.29) is 19.1 Å². The number of esters is 1. The van der Waals surface area contributed by atoms with Crippen LogP contribution in [0.3, 0.4) is 0 Å². The molecule has 3 aromatic rings. The van der Waals surface area contributed by atoms with E-state index in [1.165, 1.54) is 7.11 Å². The molecule has 0 fully saturated rings. The molecular weight excluding hydrogens is 410 g/mol. The molecule has 0 saturated heterocycles. The molecule has 0 aliphatic heterocycles. The molecule has 0 heterocycles. The van der Waals surface area contributed by atoms with Crippen LogP contribution in [0.1, 0.15) is 26.3 Å². The Hall–Kier alpha value is -3.84. The zero-order valence-corrected chi connectivity index (χ0v) is 17.7. The van der Waals surface area contributed by atoms with Gasteiger partial charge in [-0.05, 0) is 54.1 Å². The van der Waals surface area contributed by atoms with E-state index in [9.17, 15) is 14.7 Å².